The van der Waals surface area contributed by atoms with Crippen molar-refractivity contribution in [2.45, 2.75) is 71.1 Å². The van der Waals surface area contributed by atoms with E-state index in [0.29, 0.717) is 0 Å². The van der Waals surface area contributed by atoms with Gasteiger partial charge in [-0.05, 0) is 17.1 Å². The summed E-state index contributed by atoms with van der Waals surface area (Å²) in [5, 5.41) is 0. The molecule has 0 saturated carbocycles. The second-order valence-electron chi connectivity index (χ2n) is 4.00. The summed E-state index contributed by atoms with van der Waals surface area (Å²) in [4.78, 5) is 0. The van der Waals surface area contributed by atoms with Gasteiger partial charge in [-0.1, -0.05) is 75.7 Å². The maximum absolute atomic E-state index is 5.53. The summed E-state index contributed by atoms with van der Waals surface area (Å²) in [5.74, 6) is 1.12. The predicted octanol–water partition coefficient (Wildman–Crippen LogP) is 5.79. The molecule has 0 rings (SSSR count). The number of rotatable bonds is 11. The van der Waals surface area contributed by atoms with E-state index in [1.165, 1.54) is 75.2 Å². The van der Waals surface area contributed by atoms with Crippen LogP contribution >= 0.6 is 21.7 Å². The standard InChI is InChI=1S/C12H25ClS/c1-2-3-4-5-6-7-8-9-10-11-12-14-13/h2-12H2,1H3. The summed E-state index contributed by atoms with van der Waals surface area (Å²) < 4.78 is 0. The van der Waals surface area contributed by atoms with Gasteiger partial charge in [-0.3, -0.25) is 0 Å². The summed E-state index contributed by atoms with van der Waals surface area (Å²) in [6.45, 7) is 2.27. The molecule has 0 fully saturated rings. The van der Waals surface area contributed by atoms with E-state index in [1.54, 1.807) is 0 Å². The van der Waals surface area contributed by atoms with Crippen LogP contribution in [0.2, 0.25) is 0 Å². The molecule has 0 radical (unpaired) electrons. The summed E-state index contributed by atoms with van der Waals surface area (Å²) in [7, 11) is 6.98. The smallest absolute Gasteiger partial charge is 0.00852 e. The molecule has 2 heteroatoms. The first-order valence-electron chi connectivity index (χ1n) is 6.15. The molecule has 0 aromatic heterocycles. The molecule has 0 aliphatic heterocycles. The van der Waals surface area contributed by atoms with Gasteiger partial charge in [0.1, 0.15) is 0 Å². The minimum atomic E-state index is 1.12. The Bertz CT molecular complexity index is 84.3. The van der Waals surface area contributed by atoms with Crippen LogP contribution in [0.4, 0.5) is 0 Å². The van der Waals surface area contributed by atoms with Crippen molar-refractivity contribution in [1.82, 2.24) is 0 Å². The zero-order chi connectivity index (χ0) is 10.5. The third kappa shape index (κ3) is 12.6. The average molecular weight is 237 g/mol. The molecule has 0 aromatic rings. The molecule has 14 heavy (non-hydrogen) atoms. The topological polar surface area (TPSA) is 0 Å². The first-order chi connectivity index (χ1) is 6.91. The monoisotopic (exact) mass is 236 g/mol. The van der Waals surface area contributed by atoms with Crippen molar-refractivity contribution < 1.29 is 0 Å². The molecular formula is C12H25ClS. The van der Waals surface area contributed by atoms with E-state index >= 15 is 0 Å². The van der Waals surface area contributed by atoms with Gasteiger partial charge in [0.2, 0.25) is 0 Å². The van der Waals surface area contributed by atoms with Crippen LogP contribution in [0.1, 0.15) is 71.1 Å². The van der Waals surface area contributed by atoms with Gasteiger partial charge in [-0.25, -0.2) is 0 Å². The van der Waals surface area contributed by atoms with E-state index in [1.807, 2.05) is 0 Å². The average Bonchev–Trinajstić information content (AvgIpc) is 2.21. The Morgan fingerprint density at radius 1 is 0.714 bits per heavy atom. The Kier molecular flexibility index (Phi) is 14.3. The molecule has 0 amide bonds. The molecule has 0 aliphatic carbocycles. The zero-order valence-electron chi connectivity index (χ0n) is 9.56. The maximum atomic E-state index is 5.53. The van der Waals surface area contributed by atoms with E-state index < -0.39 is 0 Å². The molecule has 0 saturated heterocycles. The third-order valence-corrected chi connectivity index (χ3v) is 3.48. The second kappa shape index (κ2) is 13.6. The van der Waals surface area contributed by atoms with Crippen molar-refractivity contribution >= 4 is 21.7 Å². The van der Waals surface area contributed by atoms with Crippen LogP contribution in [-0.4, -0.2) is 5.75 Å². The van der Waals surface area contributed by atoms with Gasteiger partial charge in [0.25, 0.3) is 0 Å². The molecule has 0 aliphatic rings. The fraction of sp³-hybridized carbons (Fsp3) is 1.00. The number of hydrogen-bond acceptors (Lipinski definition) is 1. The van der Waals surface area contributed by atoms with Gasteiger partial charge < -0.3 is 0 Å². The van der Waals surface area contributed by atoms with E-state index in [2.05, 4.69) is 6.92 Å². The molecule has 0 nitrogen and oxygen atoms in total. The Balaban J connectivity index is 2.78. The third-order valence-electron chi connectivity index (χ3n) is 2.58. The van der Waals surface area contributed by atoms with Gasteiger partial charge in [0.15, 0.2) is 0 Å². The van der Waals surface area contributed by atoms with Crippen LogP contribution < -0.4 is 0 Å². The summed E-state index contributed by atoms with van der Waals surface area (Å²) in [6.07, 6.45) is 14.1. The van der Waals surface area contributed by atoms with E-state index in [0.717, 1.165) is 5.75 Å². The van der Waals surface area contributed by atoms with Crippen LogP contribution in [0.3, 0.4) is 0 Å². The molecule has 0 heterocycles. The van der Waals surface area contributed by atoms with Crippen molar-refractivity contribution in [3.8, 4) is 0 Å². The highest BCUT2D eigenvalue weighted by molar-refractivity contribution is 8.21. The van der Waals surface area contributed by atoms with Crippen LogP contribution in [0.15, 0.2) is 0 Å². The van der Waals surface area contributed by atoms with Crippen molar-refractivity contribution in [1.29, 1.82) is 0 Å². The largest absolute Gasteiger partial charge is 0.0654 e. The molecule has 0 N–H and O–H groups in total. The highest BCUT2D eigenvalue weighted by Crippen LogP contribution is 2.13. The molecular weight excluding hydrogens is 212 g/mol. The quantitative estimate of drug-likeness (QED) is 0.409. The van der Waals surface area contributed by atoms with E-state index in [-0.39, 0.29) is 0 Å². The van der Waals surface area contributed by atoms with Crippen molar-refractivity contribution in [3.05, 3.63) is 0 Å². The minimum absolute atomic E-state index is 1.12. The van der Waals surface area contributed by atoms with Gasteiger partial charge in [-0.2, -0.15) is 0 Å². The number of unbranched alkanes of at least 4 members (excludes halogenated alkanes) is 9. The Morgan fingerprint density at radius 2 is 1.14 bits per heavy atom. The van der Waals surface area contributed by atoms with Gasteiger partial charge >= 0.3 is 0 Å². The fourth-order valence-corrected chi connectivity index (χ4v) is 2.28. The van der Waals surface area contributed by atoms with E-state index in [4.69, 9.17) is 10.7 Å². The second-order valence-corrected chi connectivity index (χ2v) is 5.28. The van der Waals surface area contributed by atoms with Crippen LogP contribution in [0, 0.1) is 0 Å². The first-order valence-corrected chi connectivity index (χ1v) is 7.96. The lowest BCUT2D eigenvalue weighted by molar-refractivity contribution is 0.563. The summed E-state index contributed by atoms with van der Waals surface area (Å²) in [5.41, 5.74) is 0. The van der Waals surface area contributed by atoms with Gasteiger partial charge in [0.05, 0.1) is 0 Å². The Morgan fingerprint density at radius 3 is 1.57 bits per heavy atom. The van der Waals surface area contributed by atoms with Crippen LogP contribution in [0.5, 0.6) is 0 Å². The predicted molar refractivity (Wildman–Crippen MR) is 70.2 cm³/mol. The highest BCUT2D eigenvalue weighted by Gasteiger charge is 1.92. The zero-order valence-corrected chi connectivity index (χ0v) is 11.1. The lowest BCUT2D eigenvalue weighted by atomic mass is 10.1. The molecule has 0 aromatic carbocycles. The van der Waals surface area contributed by atoms with Crippen molar-refractivity contribution in [2.24, 2.45) is 0 Å². The van der Waals surface area contributed by atoms with Crippen LogP contribution in [-0.2, 0) is 0 Å². The van der Waals surface area contributed by atoms with Crippen molar-refractivity contribution in [2.75, 3.05) is 5.75 Å². The lowest BCUT2D eigenvalue weighted by Crippen LogP contribution is -1.82. The van der Waals surface area contributed by atoms with Gasteiger partial charge in [-0.15, -0.1) is 0 Å². The molecule has 0 atom stereocenters. The first kappa shape index (κ1) is 14.6. The normalized spacial score (nSPS) is 10.7. The maximum Gasteiger partial charge on any atom is 0.00852 e. The lowest BCUT2D eigenvalue weighted by Gasteiger charge is -2.01. The highest BCUT2D eigenvalue weighted by atomic mass is 35.7. The van der Waals surface area contributed by atoms with Gasteiger partial charge in [0, 0.05) is 5.75 Å². The summed E-state index contributed by atoms with van der Waals surface area (Å²) >= 11 is 0. The molecule has 0 unspecified atom stereocenters. The molecule has 86 valence electrons. The molecule has 0 spiro atoms. The van der Waals surface area contributed by atoms with Crippen molar-refractivity contribution in [3.63, 3.8) is 0 Å². The number of hydrogen-bond donors (Lipinski definition) is 0. The molecule has 0 bridgehead atoms. The Hall–Kier alpha value is 0.640. The fourth-order valence-electron chi connectivity index (χ4n) is 1.64. The summed E-state index contributed by atoms with van der Waals surface area (Å²) in [6, 6.07) is 0. The number of halogens is 1. The van der Waals surface area contributed by atoms with Crippen LogP contribution in [0.25, 0.3) is 0 Å². The SMILES string of the molecule is CCCCCCCCCCCCSCl. The van der Waals surface area contributed by atoms with E-state index in [9.17, 15) is 0 Å². The Labute approximate surface area is 98.7 Å². The minimum Gasteiger partial charge on any atom is -0.0654 e.